The highest BCUT2D eigenvalue weighted by Crippen LogP contribution is 2.53. The second kappa shape index (κ2) is 4.86. The predicted octanol–water partition coefficient (Wildman–Crippen LogP) is 4.61. The summed E-state index contributed by atoms with van der Waals surface area (Å²) in [4.78, 5) is 0. The summed E-state index contributed by atoms with van der Waals surface area (Å²) in [5, 5.41) is 1.37. The molecule has 1 saturated heterocycles. The molecule has 0 unspecified atom stereocenters. The van der Waals surface area contributed by atoms with Crippen LogP contribution in [0.15, 0.2) is 30.3 Å². The molecule has 2 aromatic rings. The van der Waals surface area contributed by atoms with Gasteiger partial charge in [-0.05, 0) is 41.9 Å². The first-order valence-electron chi connectivity index (χ1n) is 6.60. The summed E-state index contributed by atoms with van der Waals surface area (Å²) in [7, 11) is 2.21. The van der Waals surface area contributed by atoms with E-state index < -0.39 is 0 Å². The summed E-state index contributed by atoms with van der Waals surface area (Å²) in [6.07, 6.45) is 2.55. The normalized spacial score (nSPS) is 19.2. The molecule has 0 radical (unpaired) electrons. The molecule has 0 spiro atoms. The van der Waals surface area contributed by atoms with Crippen LogP contribution in [0, 0.1) is 0 Å². The fourth-order valence-corrected chi connectivity index (χ4v) is 6.11. The SMILES string of the molecule is CCC1(c2cc3ccccc3n2C)SCCCS1. The Labute approximate surface area is 117 Å². The Balaban J connectivity index is 2.14. The minimum absolute atomic E-state index is 0.270. The number of para-hydroxylation sites is 1. The molecule has 0 aliphatic carbocycles. The van der Waals surface area contributed by atoms with Gasteiger partial charge in [-0.3, -0.25) is 0 Å². The van der Waals surface area contributed by atoms with E-state index in [-0.39, 0.29) is 4.08 Å². The van der Waals surface area contributed by atoms with Crippen molar-refractivity contribution in [1.82, 2.24) is 4.57 Å². The number of thioether (sulfide) groups is 2. The van der Waals surface area contributed by atoms with Gasteiger partial charge in [0, 0.05) is 18.3 Å². The van der Waals surface area contributed by atoms with Crippen molar-refractivity contribution in [3.05, 3.63) is 36.0 Å². The minimum Gasteiger partial charge on any atom is -0.346 e. The molecule has 3 rings (SSSR count). The molecule has 3 heteroatoms. The highest BCUT2D eigenvalue weighted by molar-refractivity contribution is 8.18. The smallest absolute Gasteiger partial charge is 0.101 e. The van der Waals surface area contributed by atoms with Gasteiger partial charge in [-0.25, -0.2) is 0 Å². The van der Waals surface area contributed by atoms with E-state index in [0.717, 1.165) is 0 Å². The van der Waals surface area contributed by atoms with E-state index >= 15 is 0 Å². The number of fused-ring (bicyclic) bond motifs is 1. The van der Waals surface area contributed by atoms with E-state index in [2.05, 4.69) is 72.4 Å². The number of hydrogen-bond acceptors (Lipinski definition) is 2. The molecule has 1 aromatic heterocycles. The van der Waals surface area contributed by atoms with Gasteiger partial charge in [0.15, 0.2) is 0 Å². The Hall–Kier alpha value is -0.540. The van der Waals surface area contributed by atoms with Crippen molar-refractivity contribution in [2.45, 2.75) is 23.8 Å². The van der Waals surface area contributed by atoms with Crippen LogP contribution >= 0.6 is 23.5 Å². The lowest BCUT2D eigenvalue weighted by molar-refractivity contribution is 0.737. The molecule has 0 amide bonds. The quantitative estimate of drug-likeness (QED) is 0.789. The van der Waals surface area contributed by atoms with Gasteiger partial charge in [0.2, 0.25) is 0 Å². The van der Waals surface area contributed by atoms with Crippen LogP contribution in [0.2, 0.25) is 0 Å². The fourth-order valence-electron chi connectivity index (χ4n) is 2.76. The third-order valence-electron chi connectivity index (χ3n) is 3.77. The van der Waals surface area contributed by atoms with E-state index in [1.54, 1.807) is 0 Å². The Morgan fingerprint density at radius 1 is 1.22 bits per heavy atom. The van der Waals surface area contributed by atoms with Gasteiger partial charge >= 0.3 is 0 Å². The van der Waals surface area contributed by atoms with Gasteiger partial charge < -0.3 is 4.57 Å². The maximum atomic E-state index is 2.39. The highest BCUT2D eigenvalue weighted by atomic mass is 32.2. The Bertz CT molecular complexity index is 553. The Kier molecular flexibility index (Phi) is 3.37. The van der Waals surface area contributed by atoms with Gasteiger partial charge in [0.25, 0.3) is 0 Å². The molecule has 1 aliphatic heterocycles. The van der Waals surface area contributed by atoms with Crippen molar-refractivity contribution in [1.29, 1.82) is 0 Å². The van der Waals surface area contributed by atoms with E-state index in [0.29, 0.717) is 0 Å². The second-order valence-electron chi connectivity index (χ2n) is 4.80. The van der Waals surface area contributed by atoms with Crippen LogP contribution in [0.25, 0.3) is 10.9 Å². The zero-order chi connectivity index (χ0) is 12.6. The fraction of sp³-hybridized carbons (Fsp3) is 0.467. The Morgan fingerprint density at radius 3 is 2.61 bits per heavy atom. The first kappa shape index (κ1) is 12.5. The van der Waals surface area contributed by atoms with E-state index in [1.807, 2.05) is 0 Å². The third-order valence-corrected chi connectivity index (χ3v) is 7.39. The molecule has 0 saturated carbocycles. The van der Waals surface area contributed by atoms with E-state index in [9.17, 15) is 0 Å². The summed E-state index contributed by atoms with van der Waals surface area (Å²) in [5.74, 6) is 2.59. The molecule has 1 nitrogen and oxygen atoms in total. The van der Waals surface area contributed by atoms with Crippen LogP contribution in [-0.4, -0.2) is 16.1 Å². The molecule has 1 aromatic carbocycles. The monoisotopic (exact) mass is 277 g/mol. The molecule has 0 bridgehead atoms. The average molecular weight is 277 g/mol. The minimum atomic E-state index is 0.270. The molecule has 0 atom stereocenters. The summed E-state index contributed by atoms with van der Waals surface area (Å²) in [6.45, 7) is 2.32. The number of rotatable bonds is 2. The number of hydrogen-bond donors (Lipinski definition) is 0. The third kappa shape index (κ3) is 1.88. The van der Waals surface area contributed by atoms with Crippen molar-refractivity contribution >= 4 is 34.4 Å². The molecular formula is C15H19NS2. The summed E-state index contributed by atoms with van der Waals surface area (Å²) in [5.41, 5.74) is 2.84. The summed E-state index contributed by atoms with van der Waals surface area (Å²) < 4.78 is 2.66. The predicted molar refractivity (Wildman–Crippen MR) is 84.4 cm³/mol. The lowest BCUT2D eigenvalue weighted by Gasteiger charge is -2.35. The van der Waals surface area contributed by atoms with Crippen LogP contribution in [0.3, 0.4) is 0 Å². The molecule has 2 heterocycles. The number of aryl methyl sites for hydroxylation is 1. The first-order valence-corrected chi connectivity index (χ1v) is 8.57. The second-order valence-corrected chi connectivity index (χ2v) is 7.85. The summed E-state index contributed by atoms with van der Waals surface area (Å²) in [6, 6.07) is 11.1. The van der Waals surface area contributed by atoms with Gasteiger partial charge in [0.1, 0.15) is 4.08 Å². The van der Waals surface area contributed by atoms with Crippen LogP contribution in [0.4, 0.5) is 0 Å². The van der Waals surface area contributed by atoms with Crippen molar-refractivity contribution in [2.75, 3.05) is 11.5 Å². The lowest BCUT2D eigenvalue weighted by atomic mass is 10.2. The molecule has 0 N–H and O–H groups in total. The standard InChI is InChI=1S/C15H19NS2/c1-3-15(17-9-6-10-18-15)14-11-12-7-4-5-8-13(12)16(14)2/h4-5,7-8,11H,3,6,9-10H2,1-2H3. The van der Waals surface area contributed by atoms with E-state index in [1.165, 1.54) is 40.9 Å². The highest BCUT2D eigenvalue weighted by Gasteiger charge is 2.36. The number of benzene rings is 1. The number of aromatic nitrogens is 1. The molecule has 1 fully saturated rings. The maximum absolute atomic E-state index is 2.39. The van der Waals surface area contributed by atoms with Gasteiger partial charge in [0.05, 0.1) is 0 Å². The largest absolute Gasteiger partial charge is 0.346 e. The van der Waals surface area contributed by atoms with Crippen molar-refractivity contribution < 1.29 is 0 Å². The lowest BCUT2D eigenvalue weighted by Crippen LogP contribution is -2.24. The molecule has 96 valence electrons. The Morgan fingerprint density at radius 2 is 1.94 bits per heavy atom. The van der Waals surface area contributed by atoms with Crippen molar-refractivity contribution in [3.63, 3.8) is 0 Å². The van der Waals surface area contributed by atoms with Crippen LogP contribution in [-0.2, 0) is 11.1 Å². The maximum Gasteiger partial charge on any atom is 0.101 e. The van der Waals surface area contributed by atoms with Gasteiger partial charge in [-0.15, -0.1) is 23.5 Å². The zero-order valence-corrected chi connectivity index (χ0v) is 12.6. The summed E-state index contributed by atoms with van der Waals surface area (Å²) >= 11 is 4.27. The van der Waals surface area contributed by atoms with Crippen LogP contribution in [0.1, 0.15) is 25.5 Å². The molecular weight excluding hydrogens is 258 g/mol. The number of nitrogens with zero attached hydrogens (tertiary/aromatic N) is 1. The first-order chi connectivity index (χ1) is 8.77. The van der Waals surface area contributed by atoms with Gasteiger partial charge in [-0.2, -0.15) is 0 Å². The van der Waals surface area contributed by atoms with Crippen LogP contribution in [0.5, 0.6) is 0 Å². The topological polar surface area (TPSA) is 4.93 Å². The average Bonchev–Trinajstić information content (AvgIpc) is 2.78. The molecule has 18 heavy (non-hydrogen) atoms. The molecule has 1 aliphatic rings. The van der Waals surface area contributed by atoms with Crippen LogP contribution < -0.4 is 0 Å². The van der Waals surface area contributed by atoms with E-state index in [4.69, 9.17) is 0 Å². The van der Waals surface area contributed by atoms with Gasteiger partial charge in [-0.1, -0.05) is 25.1 Å². The van der Waals surface area contributed by atoms with Crippen molar-refractivity contribution in [3.8, 4) is 0 Å². The zero-order valence-electron chi connectivity index (χ0n) is 11.0. The van der Waals surface area contributed by atoms with Crippen molar-refractivity contribution in [2.24, 2.45) is 7.05 Å².